The first kappa shape index (κ1) is 20.9. The highest BCUT2D eigenvalue weighted by atomic mass is 32.2. The van der Waals surface area contributed by atoms with Crippen molar-refractivity contribution < 1.29 is 14.0 Å². The van der Waals surface area contributed by atoms with Gasteiger partial charge in [-0.3, -0.25) is 14.5 Å². The zero-order chi connectivity index (χ0) is 21.8. The van der Waals surface area contributed by atoms with Gasteiger partial charge in [0.1, 0.15) is 16.4 Å². The molecule has 3 aromatic carbocycles. The molecule has 4 nitrogen and oxygen atoms in total. The number of amides is 2. The minimum Gasteiger partial charge on any atom is -0.348 e. The Kier molecular flexibility index (Phi) is 6.18. The average molecular weight is 433 g/mol. The number of carbonyl (C=O) groups is 2. The topological polar surface area (TPSA) is 49.4 Å². The summed E-state index contributed by atoms with van der Waals surface area (Å²) >= 11 is 1.21. The van der Waals surface area contributed by atoms with Crippen LogP contribution in [0.3, 0.4) is 0 Å². The number of nitrogens with one attached hydrogen (secondary N) is 1. The molecule has 0 saturated heterocycles. The molecule has 0 fully saturated rings. The molecule has 0 aromatic heterocycles. The van der Waals surface area contributed by atoms with Gasteiger partial charge in [0.2, 0.25) is 0 Å². The van der Waals surface area contributed by atoms with Crippen LogP contribution in [0.5, 0.6) is 0 Å². The molecule has 156 valence electrons. The number of benzene rings is 3. The van der Waals surface area contributed by atoms with Crippen LogP contribution in [0.2, 0.25) is 0 Å². The Morgan fingerprint density at radius 3 is 2.26 bits per heavy atom. The largest absolute Gasteiger partial charge is 0.348 e. The van der Waals surface area contributed by atoms with Gasteiger partial charge in [-0.15, -0.1) is 0 Å². The molecular weight excluding hydrogens is 411 g/mol. The van der Waals surface area contributed by atoms with Gasteiger partial charge in [-0.1, -0.05) is 71.9 Å². The maximum atomic E-state index is 14.2. The standard InChI is InChI=1S/C25H21FN2O2S/c1-17-11-13-19(14-12-17)31-23-22(27-21-10-6-5-9-20(21)26)24(29)28(25(23)30)16-15-18-7-3-2-4-8-18/h2-14,27H,15-16H2,1H3. The maximum absolute atomic E-state index is 14.2. The molecule has 0 bridgehead atoms. The van der Waals surface area contributed by atoms with E-state index in [2.05, 4.69) is 5.32 Å². The van der Waals surface area contributed by atoms with Crippen molar-refractivity contribution in [2.45, 2.75) is 18.2 Å². The predicted molar refractivity (Wildman–Crippen MR) is 121 cm³/mol. The summed E-state index contributed by atoms with van der Waals surface area (Å²) in [5.74, 6) is -1.30. The second-order valence-electron chi connectivity index (χ2n) is 7.22. The molecule has 0 aliphatic carbocycles. The van der Waals surface area contributed by atoms with Crippen molar-refractivity contribution >= 4 is 29.3 Å². The van der Waals surface area contributed by atoms with Crippen molar-refractivity contribution in [1.29, 1.82) is 0 Å². The van der Waals surface area contributed by atoms with Gasteiger partial charge in [0.05, 0.1) is 5.69 Å². The fraction of sp³-hybridized carbons (Fsp3) is 0.120. The van der Waals surface area contributed by atoms with Crippen molar-refractivity contribution in [3.63, 3.8) is 0 Å². The van der Waals surface area contributed by atoms with E-state index in [1.807, 2.05) is 61.5 Å². The Labute approximate surface area is 184 Å². The van der Waals surface area contributed by atoms with E-state index in [-0.39, 0.29) is 28.7 Å². The third-order valence-corrected chi connectivity index (χ3v) is 6.06. The molecule has 0 spiro atoms. The Hall–Kier alpha value is -3.38. The van der Waals surface area contributed by atoms with Crippen LogP contribution in [0.1, 0.15) is 11.1 Å². The maximum Gasteiger partial charge on any atom is 0.278 e. The number of halogens is 1. The molecule has 31 heavy (non-hydrogen) atoms. The number of anilines is 1. The molecule has 2 amide bonds. The van der Waals surface area contributed by atoms with E-state index in [4.69, 9.17) is 0 Å². The molecular formula is C25H21FN2O2S. The predicted octanol–water partition coefficient (Wildman–Crippen LogP) is 5.16. The third-order valence-electron chi connectivity index (χ3n) is 4.97. The number of hydrogen-bond donors (Lipinski definition) is 1. The number of rotatable bonds is 7. The van der Waals surface area contributed by atoms with Crippen molar-refractivity contribution in [1.82, 2.24) is 4.90 Å². The summed E-state index contributed by atoms with van der Waals surface area (Å²) < 4.78 is 14.2. The van der Waals surface area contributed by atoms with Crippen LogP contribution in [0, 0.1) is 12.7 Å². The first-order chi connectivity index (χ1) is 15.0. The quantitative estimate of drug-likeness (QED) is 0.524. The van der Waals surface area contributed by atoms with Crippen molar-refractivity contribution in [2.24, 2.45) is 0 Å². The average Bonchev–Trinajstić information content (AvgIpc) is 3.00. The van der Waals surface area contributed by atoms with Crippen LogP contribution < -0.4 is 5.32 Å². The number of hydrogen-bond acceptors (Lipinski definition) is 4. The van der Waals surface area contributed by atoms with Crippen molar-refractivity contribution in [3.05, 3.63) is 106 Å². The first-order valence-electron chi connectivity index (χ1n) is 9.93. The Morgan fingerprint density at radius 2 is 1.55 bits per heavy atom. The molecule has 1 aliphatic rings. The molecule has 0 radical (unpaired) electrons. The van der Waals surface area contributed by atoms with Crippen LogP contribution in [-0.4, -0.2) is 23.3 Å². The van der Waals surface area contributed by atoms with Gasteiger partial charge < -0.3 is 5.32 Å². The molecule has 0 saturated carbocycles. The zero-order valence-corrected chi connectivity index (χ0v) is 17.8. The summed E-state index contributed by atoms with van der Waals surface area (Å²) in [6.45, 7) is 2.23. The van der Waals surface area contributed by atoms with Crippen molar-refractivity contribution in [2.75, 3.05) is 11.9 Å². The molecule has 0 atom stereocenters. The lowest BCUT2D eigenvalue weighted by molar-refractivity contribution is -0.137. The van der Waals surface area contributed by atoms with Crippen LogP contribution in [0.25, 0.3) is 0 Å². The molecule has 1 heterocycles. The normalized spacial score (nSPS) is 13.8. The fourth-order valence-corrected chi connectivity index (χ4v) is 4.21. The number of para-hydroxylation sites is 1. The highest BCUT2D eigenvalue weighted by molar-refractivity contribution is 8.04. The minimum atomic E-state index is -0.488. The second kappa shape index (κ2) is 9.18. The lowest BCUT2D eigenvalue weighted by Crippen LogP contribution is -2.34. The van der Waals surface area contributed by atoms with Crippen molar-refractivity contribution in [3.8, 4) is 0 Å². The highest BCUT2D eigenvalue weighted by Crippen LogP contribution is 2.36. The van der Waals surface area contributed by atoms with E-state index in [0.29, 0.717) is 6.42 Å². The first-order valence-corrected chi connectivity index (χ1v) is 10.7. The van der Waals surface area contributed by atoms with Gasteiger partial charge >= 0.3 is 0 Å². The van der Waals surface area contributed by atoms with E-state index in [9.17, 15) is 14.0 Å². The SMILES string of the molecule is Cc1ccc(SC2=C(Nc3ccccc3F)C(=O)N(CCc3ccccc3)C2=O)cc1. The van der Waals surface area contributed by atoms with Crippen LogP contribution in [-0.2, 0) is 16.0 Å². The highest BCUT2D eigenvalue weighted by Gasteiger charge is 2.39. The molecule has 0 unspecified atom stereocenters. The van der Waals surface area contributed by atoms with Gasteiger partial charge in [-0.2, -0.15) is 0 Å². The Morgan fingerprint density at radius 1 is 0.871 bits per heavy atom. The summed E-state index contributed by atoms with van der Waals surface area (Å²) in [4.78, 5) is 28.7. The van der Waals surface area contributed by atoms with E-state index >= 15 is 0 Å². The fourth-order valence-electron chi connectivity index (χ4n) is 3.27. The smallest absolute Gasteiger partial charge is 0.278 e. The Bertz CT molecular complexity index is 1140. The van der Waals surface area contributed by atoms with E-state index in [1.54, 1.807) is 18.2 Å². The number of aryl methyl sites for hydroxylation is 1. The van der Waals surface area contributed by atoms with Crippen LogP contribution in [0.4, 0.5) is 10.1 Å². The van der Waals surface area contributed by atoms with Crippen LogP contribution >= 0.6 is 11.8 Å². The molecule has 1 aliphatic heterocycles. The summed E-state index contributed by atoms with van der Waals surface area (Å²) in [6.07, 6.45) is 0.549. The second-order valence-corrected chi connectivity index (χ2v) is 8.31. The van der Waals surface area contributed by atoms with Gasteiger partial charge in [0.15, 0.2) is 0 Å². The summed E-state index contributed by atoms with van der Waals surface area (Å²) in [5, 5.41) is 2.87. The summed E-state index contributed by atoms with van der Waals surface area (Å²) in [6, 6.07) is 23.5. The molecule has 4 rings (SSSR count). The molecule has 1 N–H and O–H groups in total. The molecule has 6 heteroatoms. The van der Waals surface area contributed by atoms with Gasteiger partial charge in [-0.05, 0) is 43.2 Å². The van der Waals surface area contributed by atoms with Gasteiger partial charge in [0.25, 0.3) is 11.8 Å². The van der Waals surface area contributed by atoms with E-state index in [0.717, 1.165) is 16.0 Å². The number of imide groups is 1. The monoisotopic (exact) mass is 432 g/mol. The minimum absolute atomic E-state index is 0.105. The zero-order valence-electron chi connectivity index (χ0n) is 17.0. The lowest BCUT2D eigenvalue weighted by atomic mass is 10.1. The molecule has 3 aromatic rings. The third kappa shape index (κ3) is 4.70. The van der Waals surface area contributed by atoms with E-state index in [1.165, 1.54) is 22.7 Å². The number of nitrogens with zero attached hydrogens (tertiary/aromatic N) is 1. The van der Waals surface area contributed by atoms with Gasteiger partial charge in [0, 0.05) is 11.4 Å². The lowest BCUT2D eigenvalue weighted by Gasteiger charge is -2.15. The number of thioether (sulfide) groups is 1. The van der Waals surface area contributed by atoms with Gasteiger partial charge in [-0.25, -0.2) is 4.39 Å². The van der Waals surface area contributed by atoms with E-state index < -0.39 is 11.7 Å². The number of carbonyl (C=O) groups excluding carboxylic acids is 2. The summed E-state index contributed by atoms with van der Waals surface area (Å²) in [7, 11) is 0. The summed E-state index contributed by atoms with van der Waals surface area (Å²) in [5.41, 5.74) is 2.40. The van der Waals surface area contributed by atoms with Crippen LogP contribution in [0.15, 0.2) is 94.4 Å². The Balaban J connectivity index is 1.63.